The maximum atomic E-state index is 12.7. The van der Waals surface area contributed by atoms with E-state index < -0.39 is 17.3 Å². The summed E-state index contributed by atoms with van der Waals surface area (Å²) < 4.78 is 4.54. The summed E-state index contributed by atoms with van der Waals surface area (Å²) in [5.74, 6) is -1.36. The molecule has 0 radical (unpaired) electrons. The molecular formula is C17H10Cl3N2O4+. The Balaban J connectivity index is 2.07. The van der Waals surface area contributed by atoms with E-state index in [1.807, 2.05) is 0 Å². The van der Waals surface area contributed by atoms with Crippen LogP contribution in [0.2, 0.25) is 15.1 Å². The highest BCUT2D eigenvalue weighted by Crippen LogP contribution is 2.25. The Kier molecular flexibility index (Phi) is 5.00. The topological polar surface area (TPSA) is 86.0 Å². The largest absolute Gasteiger partial charge is 0.323 e. The van der Waals surface area contributed by atoms with Crippen molar-refractivity contribution < 1.29 is 18.8 Å². The summed E-state index contributed by atoms with van der Waals surface area (Å²) in [6, 6.07) is 8.74. The number of carbonyl (C=O) groups excluding carboxylic acids is 2. The van der Waals surface area contributed by atoms with Crippen LogP contribution in [0.4, 0.5) is 0 Å². The summed E-state index contributed by atoms with van der Waals surface area (Å²) >= 11 is 17.8. The number of benzene rings is 2. The van der Waals surface area contributed by atoms with Crippen molar-refractivity contribution in [3.63, 3.8) is 0 Å². The van der Waals surface area contributed by atoms with Crippen molar-refractivity contribution in [3.8, 4) is 0 Å². The predicted molar refractivity (Wildman–Crippen MR) is 95.9 cm³/mol. The third kappa shape index (κ3) is 3.31. The van der Waals surface area contributed by atoms with Gasteiger partial charge in [-0.25, -0.2) is 0 Å². The highest BCUT2D eigenvalue weighted by molar-refractivity contribution is 6.42. The molecule has 1 aromatic heterocycles. The van der Waals surface area contributed by atoms with E-state index in [9.17, 15) is 14.5 Å². The zero-order chi connectivity index (χ0) is 19.0. The van der Waals surface area contributed by atoms with E-state index in [0.717, 1.165) is 5.56 Å². The molecule has 0 saturated carbocycles. The Morgan fingerprint density at radius 1 is 0.923 bits per heavy atom. The number of rotatable bonds is 4. The Labute approximate surface area is 161 Å². The molecule has 3 aromatic rings. The summed E-state index contributed by atoms with van der Waals surface area (Å²) in [6.45, 7) is 1.77. The number of aryl methyl sites for hydroxylation is 1. The summed E-state index contributed by atoms with van der Waals surface area (Å²) in [5.41, 5.74) is 0.251. The molecule has 0 amide bonds. The lowest BCUT2D eigenvalue weighted by Gasteiger charge is -2.01. The third-order valence-electron chi connectivity index (χ3n) is 3.71. The Hall–Kier alpha value is -2.41. The highest BCUT2D eigenvalue weighted by Gasteiger charge is 2.34. The van der Waals surface area contributed by atoms with Gasteiger partial charge in [-0.05, 0) is 41.7 Å². The number of nitrogens with zero attached hydrogens (tertiary/aromatic N) is 1. The monoisotopic (exact) mass is 411 g/mol. The number of halogens is 3. The number of H-pyrrole nitrogens is 1. The van der Waals surface area contributed by atoms with Gasteiger partial charge in [0.15, 0.2) is 4.60 Å². The van der Waals surface area contributed by atoms with Crippen molar-refractivity contribution in [3.05, 3.63) is 84.5 Å². The lowest BCUT2D eigenvalue weighted by molar-refractivity contribution is -0.714. The molecule has 6 nitrogen and oxygen atoms in total. The first-order valence-electron chi connectivity index (χ1n) is 7.24. The van der Waals surface area contributed by atoms with Crippen LogP contribution in [0, 0.1) is 11.8 Å². The molecule has 0 aliphatic heterocycles. The van der Waals surface area contributed by atoms with Crippen molar-refractivity contribution in [2.75, 3.05) is 0 Å². The molecule has 0 fully saturated rings. The fraction of sp³-hybridized carbons (Fsp3) is 0.0588. The zero-order valence-electron chi connectivity index (χ0n) is 13.2. The molecule has 2 aromatic carbocycles. The first-order valence-corrected chi connectivity index (χ1v) is 8.38. The first kappa shape index (κ1) is 18.4. The molecule has 1 N–H and O–H groups in total. The zero-order valence-corrected chi connectivity index (χ0v) is 15.4. The maximum Gasteiger partial charge on any atom is 0.323 e. The number of hydrogen-bond donors (Lipinski definition) is 1. The Bertz CT molecular complexity index is 1100. The van der Waals surface area contributed by atoms with Gasteiger partial charge in [-0.15, -0.1) is 0 Å². The van der Waals surface area contributed by atoms with E-state index in [4.69, 9.17) is 34.8 Å². The minimum atomic E-state index is -0.713. The summed E-state index contributed by atoms with van der Waals surface area (Å²) in [5, 5.41) is 2.97. The van der Waals surface area contributed by atoms with Gasteiger partial charge in [-0.2, -0.15) is 0 Å². The van der Waals surface area contributed by atoms with Crippen molar-refractivity contribution in [2.45, 2.75) is 6.92 Å². The number of nitrogens with one attached hydrogen (secondary N) is 1. The van der Waals surface area contributed by atoms with Gasteiger partial charge < -0.3 is 0 Å². The molecule has 9 heteroatoms. The summed E-state index contributed by atoms with van der Waals surface area (Å²) in [4.78, 5) is 37.3. The van der Waals surface area contributed by atoms with Gasteiger partial charge >= 0.3 is 5.69 Å². The van der Waals surface area contributed by atoms with Crippen LogP contribution in [0.25, 0.3) is 0 Å². The van der Waals surface area contributed by atoms with E-state index >= 15 is 0 Å². The molecule has 0 bridgehead atoms. The number of aromatic amines is 1. The predicted octanol–water partition coefficient (Wildman–Crippen LogP) is 4.25. The SMILES string of the molecule is Cc1ccc(C(=O)c2c(C(=O)c3ccc(Cl)c(Cl)c3)[nH]o[n+]2=O)cc1Cl. The van der Waals surface area contributed by atoms with Gasteiger partial charge in [-0.1, -0.05) is 56.7 Å². The van der Waals surface area contributed by atoms with Gasteiger partial charge in [0.05, 0.1) is 10.0 Å². The molecule has 132 valence electrons. The number of hydrogen-bond acceptors (Lipinski definition) is 4. The van der Waals surface area contributed by atoms with Crippen molar-refractivity contribution >= 4 is 46.4 Å². The van der Waals surface area contributed by atoms with E-state index in [2.05, 4.69) is 9.79 Å². The maximum absolute atomic E-state index is 12.7. The lowest BCUT2D eigenvalue weighted by atomic mass is 10.0. The van der Waals surface area contributed by atoms with E-state index in [0.29, 0.717) is 5.02 Å². The Morgan fingerprint density at radius 3 is 2.19 bits per heavy atom. The van der Waals surface area contributed by atoms with Crippen LogP contribution in [0.15, 0.2) is 41.0 Å². The molecule has 3 rings (SSSR count). The molecule has 0 unspecified atom stereocenters. The van der Waals surface area contributed by atoms with Crippen molar-refractivity contribution in [1.29, 1.82) is 0 Å². The number of carbonyl (C=O) groups is 2. The van der Waals surface area contributed by atoms with Gasteiger partial charge in [-0.3, -0.25) is 9.59 Å². The fourth-order valence-electron chi connectivity index (χ4n) is 2.28. The smallest absolute Gasteiger partial charge is 0.284 e. The second-order valence-electron chi connectivity index (χ2n) is 5.43. The molecule has 0 aliphatic rings. The van der Waals surface area contributed by atoms with E-state index in [1.54, 1.807) is 13.0 Å². The second kappa shape index (κ2) is 7.07. The molecule has 1 heterocycles. The second-order valence-corrected chi connectivity index (χ2v) is 6.65. The third-order valence-corrected chi connectivity index (χ3v) is 4.85. The molecule has 0 aliphatic carbocycles. The van der Waals surface area contributed by atoms with Crippen LogP contribution in [-0.4, -0.2) is 16.7 Å². The Morgan fingerprint density at radius 2 is 1.54 bits per heavy atom. The quantitative estimate of drug-likeness (QED) is 0.649. The molecular weight excluding hydrogens is 403 g/mol. The van der Waals surface area contributed by atoms with Crippen LogP contribution in [-0.2, 0) is 0 Å². The normalized spacial score (nSPS) is 10.8. The van der Waals surface area contributed by atoms with E-state index in [1.165, 1.54) is 30.3 Å². The average molecular weight is 413 g/mol. The van der Waals surface area contributed by atoms with Crippen LogP contribution >= 0.6 is 34.8 Å². The number of ketones is 2. The van der Waals surface area contributed by atoms with Gasteiger partial charge in [0.25, 0.3) is 5.69 Å². The van der Waals surface area contributed by atoms with Crippen LogP contribution in [0.1, 0.15) is 37.7 Å². The van der Waals surface area contributed by atoms with Crippen LogP contribution < -0.4 is 4.60 Å². The summed E-state index contributed by atoms with van der Waals surface area (Å²) in [7, 11) is 0. The molecule has 0 saturated heterocycles. The van der Waals surface area contributed by atoms with E-state index in [-0.39, 0.29) is 31.5 Å². The lowest BCUT2D eigenvalue weighted by Crippen LogP contribution is -2.24. The van der Waals surface area contributed by atoms with Gasteiger partial charge in [0.1, 0.15) is 0 Å². The minimum absolute atomic E-state index is 0.0547. The van der Waals surface area contributed by atoms with Crippen LogP contribution in [0.5, 0.6) is 0 Å². The average Bonchev–Trinajstić information content (AvgIpc) is 3.00. The fourth-order valence-corrected chi connectivity index (χ4v) is 2.75. The molecule has 0 atom stereocenters. The first-order chi connectivity index (χ1) is 12.3. The van der Waals surface area contributed by atoms with Crippen molar-refractivity contribution in [2.24, 2.45) is 0 Å². The minimum Gasteiger partial charge on any atom is -0.284 e. The standard InChI is InChI=1S/C17H9Cl3N2O4/c1-8-2-3-10(6-12(8)19)17(24)15-14(21-26-22(15)25)16(23)9-4-5-11(18)13(20)7-9/h2-7H,1H3/p+1. The molecule has 26 heavy (non-hydrogen) atoms. The molecule has 0 spiro atoms. The highest BCUT2D eigenvalue weighted by atomic mass is 35.5. The van der Waals surface area contributed by atoms with Crippen molar-refractivity contribution in [1.82, 2.24) is 5.16 Å². The van der Waals surface area contributed by atoms with Gasteiger partial charge in [0.2, 0.25) is 11.6 Å². The summed E-state index contributed by atoms with van der Waals surface area (Å²) in [6.07, 6.45) is 0. The number of aromatic nitrogens is 2. The van der Waals surface area contributed by atoms with Crippen LogP contribution in [0.3, 0.4) is 0 Å². The van der Waals surface area contributed by atoms with Gasteiger partial charge in [0, 0.05) is 16.1 Å².